The molecule has 33 heavy (non-hydrogen) atoms. The van der Waals surface area contributed by atoms with Gasteiger partial charge in [0.1, 0.15) is 12.4 Å². The molecule has 1 aliphatic carbocycles. The Bertz CT molecular complexity index is 1010. The zero-order valence-corrected chi connectivity index (χ0v) is 19.4. The highest BCUT2D eigenvalue weighted by atomic mass is 16.5. The quantitative estimate of drug-likeness (QED) is 0.479. The molecule has 1 fully saturated rings. The topological polar surface area (TPSA) is 32.7 Å². The molecule has 2 aliphatic rings. The van der Waals surface area contributed by atoms with Crippen LogP contribution in [0.3, 0.4) is 0 Å². The molecule has 3 aromatic rings. The molecule has 0 spiro atoms. The van der Waals surface area contributed by atoms with Crippen molar-refractivity contribution in [1.82, 2.24) is 4.90 Å². The molecule has 5 rings (SSSR count). The van der Waals surface area contributed by atoms with E-state index in [2.05, 4.69) is 59.5 Å². The Labute approximate surface area is 198 Å². The van der Waals surface area contributed by atoms with E-state index in [9.17, 15) is 5.11 Å². The molecule has 0 radical (unpaired) electrons. The molecule has 3 aromatic carbocycles. The Morgan fingerprint density at radius 3 is 2.33 bits per heavy atom. The summed E-state index contributed by atoms with van der Waals surface area (Å²) in [5.41, 5.74) is 5.00. The highest BCUT2D eigenvalue weighted by Gasteiger charge is 2.29. The Kier molecular flexibility index (Phi) is 7.09. The van der Waals surface area contributed by atoms with Crippen LogP contribution in [0.5, 0.6) is 5.75 Å². The van der Waals surface area contributed by atoms with Crippen molar-refractivity contribution in [3.8, 4) is 5.75 Å². The maximum atomic E-state index is 11.1. The van der Waals surface area contributed by atoms with Crippen molar-refractivity contribution >= 4 is 0 Å². The van der Waals surface area contributed by atoms with Gasteiger partial charge in [-0.2, -0.15) is 0 Å². The number of benzene rings is 3. The largest absolute Gasteiger partial charge is 0.489 e. The molecule has 3 nitrogen and oxygen atoms in total. The van der Waals surface area contributed by atoms with E-state index < -0.39 is 0 Å². The molecule has 0 unspecified atom stereocenters. The van der Waals surface area contributed by atoms with Gasteiger partial charge in [-0.25, -0.2) is 0 Å². The third-order valence-corrected chi connectivity index (χ3v) is 7.59. The Morgan fingerprint density at radius 1 is 0.848 bits per heavy atom. The minimum absolute atomic E-state index is 0.348. The van der Waals surface area contributed by atoms with E-state index >= 15 is 0 Å². The third kappa shape index (κ3) is 5.48. The summed E-state index contributed by atoms with van der Waals surface area (Å²) in [6, 6.07) is 27.4. The van der Waals surface area contributed by atoms with Crippen LogP contribution in [0.25, 0.3) is 0 Å². The van der Waals surface area contributed by atoms with Crippen LogP contribution in [0.2, 0.25) is 0 Å². The van der Waals surface area contributed by atoms with Crippen molar-refractivity contribution in [2.24, 2.45) is 5.92 Å². The fraction of sp³-hybridized carbons (Fsp3) is 0.400. The molecular formula is C30H35NO2. The predicted octanol–water partition coefficient (Wildman–Crippen LogP) is 6.13. The first kappa shape index (κ1) is 22.2. The SMILES string of the molecule is O[C@H]1c2ccc(OCc3ccccc3)cc2CC[C@@H]1CCN1CCC(c2ccccc2)CC1. The zero-order chi connectivity index (χ0) is 22.5. The number of aliphatic hydroxyl groups excluding tert-OH is 1. The molecule has 0 saturated carbocycles. The molecule has 3 heteroatoms. The molecule has 0 aromatic heterocycles. The third-order valence-electron chi connectivity index (χ3n) is 7.59. The predicted molar refractivity (Wildman–Crippen MR) is 133 cm³/mol. The lowest BCUT2D eigenvalue weighted by atomic mass is 9.79. The number of likely N-dealkylation sites (tertiary alicyclic amines) is 1. The van der Waals surface area contributed by atoms with E-state index in [0.29, 0.717) is 18.4 Å². The second kappa shape index (κ2) is 10.5. The summed E-state index contributed by atoms with van der Waals surface area (Å²) < 4.78 is 6.00. The fourth-order valence-corrected chi connectivity index (χ4v) is 5.54. The lowest BCUT2D eigenvalue weighted by Crippen LogP contribution is -2.35. The van der Waals surface area contributed by atoms with Crippen LogP contribution in [0, 0.1) is 5.92 Å². The molecule has 0 amide bonds. The first-order valence-electron chi connectivity index (χ1n) is 12.5. The van der Waals surface area contributed by atoms with Crippen molar-refractivity contribution in [3.63, 3.8) is 0 Å². The highest BCUT2D eigenvalue weighted by molar-refractivity contribution is 5.39. The second-order valence-electron chi connectivity index (χ2n) is 9.69. The van der Waals surface area contributed by atoms with Gasteiger partial charge in [0.15, 0.2) is 0 Å². The van der Waals surface area contributed by atoms with E-state index in [0.717, 1.165) is 37.1 Å². The van der Waals surface area contributed by atoms with Gasteiger partial charge in [-0.15, -0.1) is 0 Å². The van der Waals surface area contributed by atoms with Crippen LogP contribution in [0.15, 0.2) is 78.9 Å². The van der Waals surface area contributed by atoms with Crippen LogP contribution in [0.4, 0.5) is 0 Å². The van der Waals surface area contributed by atoms with Gasteiger partial charge in [-0.05, 0) is 98.0 Å². The molecular weight excluding hydrogens is 406 g/mol. The van der Waals surface area contributed by atoms with Gasteiger partial charge in [0, 0.05) is 0 Å². The number of nitrogens with zero attached hydrogens (tertiary/aromatic N) is 1. The zero-order valence-electron chi connectivity index (χ0n) is 19.4. The Hall–Kier alpha value is -2.62. The molecule has 1 saturated heterocycles. The van der Waals surface area contributed by atoms with Crippen LogP contribution in [-0.4, -0.2) is 29.6 Å². The first-order chi connectivity index (χ1) is 16.3. The summed E-state index contributed by atoms with van der Waals surface area (Å²) in [6.45, 7) is 4.00. The van der Waals surface area contributed by atoms with E-state index in [1.807, 2.05) is 24.3 Å². The number of piperidine rings is 1. The molecule has 172 valence electrons. The minimum atomic E-state index is -0.362. The van der Waals surface area contributed by atoms with E-state index in [1.54, 1.807) is 0 Å². The van der Waals surface area contributed by atoms with Gasteiger partial charge in [-0.3, -0.25) is 0 Å². The molecule has 1 heterocycles. The summed E-state index contributed by atoms with van der Waals surface area (Å²) in [7, 11) is 0. The van der Waals surface area contributed by atoms with Crippen molar-refractivity contribution in [3.05, 3.63) is 101 Å². The standard InChI is InChI=1S/C30H35NO2/c32-30-26(17-20-31-18-15-25(16-19-31)24-9-5-2-6-10-24)11-12-27-21-28(13-14-29(27)30)33-22-23-7-3-1-4-8-23/h1-10,13-14,21,25-26,30,32H,11-12,15-20,22H2/t26-,30-/m1/s1. The smallest absolute Gasteiger partial charge is 0.120 e. The van der Waals surface area contributed by atoms with E-state index in [4.69, 9.17) is 4.74 Å². The summed E-state index contributed by atoms with van der Waals surface area (Å²) in [4.78, 5) is 2.60. The van der Waals surface area contributed by atoms with Crippen molar-refractivity contribution in [1.29, 1.82) is 0 Å². The van der Waals surface area contributed by atoms with Crippen molar-refractivity contribution in [2.45, 2.75) is 50.7 Å². The number of ether oxygens (including phenoxy) is 1. The van der Waals surface area contributed by atoms with Crippen LogP contribution < -0.4 is 4.74 Å². The van der Waals surface area contributed by atoms with Gasteiger partial charge in [0.2, 0.25) is 0 Å². The summed E-state index contributed by atoms with van der Waals surface area (Å²) in [5, 5.41) is 11.1. The number of hydrogen-bond acceptors (Lipinski definition) is 3. The summed E-state index contributed by atoms with van der Waals surface area (Å²) in [6.07, 6.45) is 5.27. The van der Waals surface area contributed by atoms with Gasteiger partial charge in [-0.1, -0.05) is 66.7 Å². The summed E-state index contributed by atoms with van der Waals surface area (Å²) >= 11 is 0. The monoisotopic (exact) mass is 441 g/mol. The molecule has 2 atom stereocenters. The molecule has 1 aliphatic heterocycles. The average molecular weight is 442 g/mol. The van der Waals surface area contributed by atoms with Crippen molar-refractivity contribution < 1.29 is 9.84 Å². The van der Waals surface area contributed by atoms with E-state index in [-0.39, 0.29) is 6.10 Å². The van der Waals surface area contributed by atoms with Gasteiger partial charge in [0.25, 0.3) is 0 Å². The number of hydrogen-bond donors (Lipinski definition) is 1. The van der Waals surface area contributed by atoms with Crippen LogP contribution >= 0.6 is 0 Å². The number of aliphatic hydroxyl groups is 1. The van der Waals surface area contributed by atoms with Gasteiger partial charge in [0.05, 0.1) is 6.10 Å². The maximum Gasteiger partial charge on any atom is 0.120 e. The number of aryl methyl sites for hydroxylation is 1. The Balaban J connectivity index is 1.11. The lowest BCUT2D eigenvalue weighted by molar-refractivity contribution is 0.0771. The first-order valence-corrected chi connectivity index (χ1v) is 12.5. The average Bonchev–Trinajstić information content (AvgIpc) is 2.88. The molecule has 0 bridgehead atoms. The normalized spacial score (nSPS) is 21.5. The summed E-state index contributed by atoms with van der Waals surface area (Å²) in [5.74, 6) is 1.94. The fourth-order valence-electron chi connectivity index (χ4n) is 5.54. The molecule has 1 N–H and O–H groups in total. The number of rotatable bonds is 7. The lowest BCUT2D eigenvalue weighted by Gasteiger charge is -2.35. The van der Waals surface area contributed by atoms with Crippen LogP contribution in [-0.2, 0) is 13.0 Å². The second-order valence-corrected chi connectivity index (χ2v) is 9.69. The van der Waals surface area contributed by atoms with Crippen LogP contribution in [0.1, 0.15) is 60.0 Å². The minimum Gasteiger partial charge on any atom is -0.489 e. The van der Waals surface area contributed by atoms with E-state index in [1.165, 1.54) is 42.6 Å². The van der Waals surface area contributed by atoms with Gasteiger partial charge < -0.3 is 14.7 Å². The van der Waals surface area contributed by atoms with Crippen molar-refractivity contribution in [2.75, 3.05) is 19.6 Å². The Morgan fingerprint density at radius 2 is 1.58 bits per heavy atom. The number of fused-ring (bicyclic) bond motifs is 1. The highest BCUT2D eigenvalue weighted by Crippen LogP contribution is 2.38. The maximum absolute atomic E-state index is 11.1. The van der Waals surface area contributed by atoms with Gasteiger partial charge >= 0.3 is 0 Å².